The zero-order valence-electron chi connectivity index (χ0n) is 20.0. The van der Waals surface area contributed by atoms with Gasteiger partial charge in [-0.05, 0) is 44.2 Å². The molecule has 0 bridgehead atoms. The van der Waals surface area contributed by atoms with Crippen molar-refractivity contribution in [2.24, 2.45) is 4.36 Å². The Morgan fingerprint density at radius 3 is 2.54 bits per heavy atom. The van der Waals surface area contributed by atoms with Crippen LogP contribution in [0.15, 0.2) is 64.0 Å². The summed E-state index contributed by atoms with van der Waals surface area (Å²) in [6.07, 6.45) is 2.19. The van der Waals surface area contributed by atoms with Crippen LogP contribution in [0.3, 0.4) is 0 Å². The first-order valence-electron chi connectivity index (χ1n) is 10.9. The van der Waals surface area contributed by atoms with Crippen LogP contribution in [0.4, 0.5) is 22.2 Å². The minimum absolute atomic E-state index is 0.0766. The monoisotopic (exact) mass is 499 g/mol. The summed E-state index contributed by atoms with van der Waals surface area (Å²) in [5, 5.41) is 15.8. The van der Waals surface area contributed by atoms with Crippen LogP contribution in [0, 0.1) is 0 Å². The summed E-state index contributed by atoms with van der Waals surface area (Å²) in [5.41, 5.74) is 2.17. The average Bonchev–Trinajstić information content (AvgIpc) is 2.84. The highest BCUT2D eigenvalue weighted by Gasteiger charge is 2.16. The summed E-state index contributed by atoms with van der Waals surface area (Å²) in [6.45, 7) is 3.57. The molecule has 0 fully saturated rings. The molecule has 1 heterocycles. The predicted octanol–water partition coefficient (Wildman–Crippen LogP) is 4.30. The Labute approximate surface area is 204 Å². The number of methoxy groups -OCH3 is 1. The first-order valence-corrected chi connectivity index (χ1v) is 12.8. The average molecular weight is 500 g/mol. The SMILES string of the molecule is CCOC(=O)N=S(C)(=O)c1ccc(Nc2ncc(-c3ccccc3OC)c(N[C@H](C)CO)n2)cc1. The number of anilines is 3. The fourth-order valence-corrected chi connectivity index (χ4v) is 4.24. The number of aromatic nitrogens is 2. The van der Waals surface area contributed by atoms with E-state index in [0.29, 0.717) is 28.1 Å². The summed E-state index contributed by atoms with van der Waals surface area (Å²) >= 11 is 0. The van der Waals surface area contributed by atoms with Gasteiger partial charge in [-0.15, -0.1) is 4.36 Å². The van der Waals surface area contributed by atoms with E-state index < -0.39 is 15.8 Å². The maximum absolute atomic E-state index is 12.8. The van der Waals surface area contributed by atoms with Crippen molar-refractivity contribution in [3.05, 3.63) is 54.7 Å². The molecule has 0 saturated heterocycles. The minimum atomic E-state index is -2.94. The first kappa shape index (κ1) is 25.9. The molecule has 10 nitrogen and oxygen atoms in total. The number of amides is 1. The number of benzene rings is 2. The lowest BCUT2D eigenvalue weighted by molar-refractivity contribution is 0.164. The third-order valence-corrected chi connectivity index (χ3v) is 6.55. The van der Waals surface area contributed by atoms with Crippen LogP contribution < -0.4 is 15.4 Å². The molecule has 0 aliphatic rings. The summed E-state index contributed by atoms with van der Waals surface area (Å²) in [7, 11) is -1.35. The van der Waals surface area contributed by atoms with Gasteiger partial charge in [-0.3, -0.25) is 0 Å². The Morgan fingerprint density at radius 2 is 1.89 bits per heavy atom. The van der Waals surface area contributed by atoms with E-state index in [4.69, 9.17) is 9.47 Å². The van der Waals surface area contributed by atoms with Crippen molar-refractivity contribution in [2.45, 2.75) is 24.8 Å². The molecule has 2 atom stereocenters. The van der Waals surface area contributed by atoms with Crippen molar-refractivity contribution in [1.82, 2.24) is 9.97 Å². The standard InChI is InChI=1S/C24H29N5O5S/c1-5-34-24(31)29-35(4,32)18-12-10-17(11-13-18)27-23-25-14-20(22(28-23)26-16(2)15-30)19-8-6-7-9-21(19)33-3/h6-14,16,30H,5,15H2,1-4H3,(H2,25,26,27,28)/t16-,35?/m1/s1. The maximum atomic E-state index is 12.8. The smallest absolute Gasteiger partial charge is 0.442 e. The van der Waals surface area contributed by atoms with E-state index in [1.807, 2.05) is 31.2 Å². The normalized spacial score (nSPS) is 13.3. The number of rotatable bonds is 9. The lowest BCUT2D eigenvalue weighted by atomic mass is 10.1. The molecular formula is C24H29N5O5S. The van der Waals surface area contributed by atoms with Crippen LogP contribution in [0.25, 0.3) is 11.1 Å². The second kappa shape index (κ2) is 11.6. The van der Waals surface area contributed by atoms with Crippen molar-refractivity contribution in [2.75, 3.05) is 37.2 Å². The van der Waals surface area contributed by atoms with Crippen molar-refractivity contribution in [3.63, 3.8) is 0 Å². The third-order valence-electron chi connectivity index (χ3n) is 4.91. The number of nitrogens with zero attached hydrogens (tertiary/aromatic N) is 3. The Morgan fingerprint density at radius 1 is 1.17 bits per heavy atom. The van der Waals surface area contributed by atoms with E-state index in [-0.39, 0.29) is 19.3 Å². The quantitative estimate of drug-likeness (QED) is 0.394. The van der Waals surface area contributed by atoms with E-state index in [0.717, 1.165) is 11.1 Å². The second-order valence-electron chi connectivity index (χ2n) is 7.63. The number of carbonyl (C=O) groups is 1. The van der Waals surface area contributed by atoms with E-state index in [1.54, 1.807) is 44.5 Å². The molecule has 3 N–H and O–H groups in total. The van der Waals surface area contributed by atoms with E-state index in [2.05, 4.69) is 25.0 Å². The molecule has 2 aromatic carbocycles. The molecule has 3 rings (SSSR count). The summed E-state index contributed by atoms with van der Waals surface area (Å²) in [6, 6.07) is 13.9. The minimum Gasteiger partial charge on any atom is -0.496 e. The first-order chi connectivity index (χ1) is 16.8. The molecule has 186 valence electrons. The zero-order valence-corrected chi connectivity index (χ0v) is 20.8. The molecule has 11 heteroatoms. The second-order valence-corrected chi connectivity index (χ2v) is 9.89. The summed E-state index contributed by atoms with van der Waals surface area (Å²) in [4.78, 5) is 21.0. The fraction of sp³-hybridized carbons (Fsp3) is 0.292. The molecule has 3 aromatic rings. The molecule has 0 saturated carbocycles. The van der Waals surface area contributed by atoms with Gasteiger partial charge in [-0.2, -0.15) is 4.98 Å². The molecular weight excluding hydrogens is 470 g/mol. The van der Waals surface area contributed by atoms with Gasteiger partial charge in [0.05, 0.1) is 30.1 Å². The highest BCUT2D eigenvalue weighted by Crippen LogP contribution is 2.34. The highest BCUT2D eigenvalue weighted by atomic mass is 32.2. The van der Waals surface area contributed by atoms with Crippen molar-refractivity contribution >= 4 is 33.3 Å². The van der Waals surface area contributed by atoms with Crippen LogP contribution in [-0.4, -0.2) is 58.0 Å². The number of aliphatic hydroxyl groups excluding tert-OH is 1. The van der Waals surface area contributed by atoms with Gasteiger partial charge < -0.3 is 25.2 Å². The van der Waals surface area contributed by atoms with Crippen LogP contribution in [0.5, 0.6) is 5.75 Å². The van der Waals surface area contributed by atoms with E-state index >= 15 is 0 Å². The number of hydrogen-bond donors (Lipinski definition) is 3. The zero-order chi connectivity index (χ0) is 25.4. The molecule has 1 amide bonds. The summed E-state index contributed by atoms with van der Waals surface area (Å²) in [5.74, 6) is 1.51. The van der Waals surface area contributed by atoms with Gasteiger partial charge in [0.1, 0.15) is 11.6 Å². The number of ether oxygens (including phenoxy) is 2. The lowest BCUT2D eigenvalue weighted by Gasteiger charge is -2.18. The van der Waals surface area contributed by atoms with Crippen molar-refractivity contribution < 1.29 is 23.6 Å². The maximum Gasteiger partial charge on any atom is 0.442 e. The number of nitrogens with one attached hydrogen (secondary N) is 2. The molecule has 0 aliphatic carbocycles. The number of aliphatic hydroxyl groups is 1. The van der Waals surface area contributed by atoms with Crippen LogP contribution >= 0.6 is 0 Å². The largest absolute Gasteiger partial charge is 0.496 e. The Hall–Kier alpha value is -3.70. The van der Waals surface area contributed by atoms with Gasteiger partial charge in [0.2, 0.25) is 5.95 Å². The number of para-hydroxylation sites is 1. The van der Waals surface area contributed by atoms with Gasteiger partial charge in [-0.25, -0.2) is 14.0 Å². The van der Waals surface area contributed by atoms with Gasteiger partial charge >= 0.3 is 6.09 Å². The van der Waals surface area contributed by atoms with Gasteiger partial charge in [0, 0.05) is 40.2 Å². The molecule has 0 radical (unpaired) electrons. The van der Waals surface area contributed by atoms with Gasteiger partial charge in [0.15, 0.2) is 0 Å². The van der Waals surface area contributed by atoms with Gasteiger partial charge in [0.25, 0.3) is 0 Å². The molecule has 35 heavy (non-hydrogen) atoms. The molecule has 1 aromatic heterocycles. The van der Waals surface area contributed by atoms with Crippen LogP contribution in [0.2, 0.25) is 0 Å². The fourth-order valence-electron chi connectivity index (χ4n) is 3.16. The van der Waals surface area contributed by atoms with Crippen LogP contribution in [-0.2, 0) is 14.5 Å². The topological polar surface area (TPSA) is 135 Å². The predicted molar refractivity (Wildman–Crippen MR) is 136 cm³/mol. The van der Waals surface area contributed by atoms with E-state index in [9.17, 15) is 14.1 Å². The van der Waals surface area contributed by atoms with E-state index in [1.165, 1.54) is 6.26 Å². The molecule has 0 aliphatic heterocycles. The highest BCUT2D eigenvalue weighted by molar-refractivity contribution is 7.93. The Kier molecular flexibility index (Phi) is 8.61. The summed E-state index contributed by atoms with van der Waals surface area (Å²) < 4.78 is 26.7. The lowest BCUT2D eigenvalue weighted by Crippen LogP contribution is -2.21. The van der Waals surface area contributed by atoms with Gasteiger partial charge in [-0.1, -0.05) is 18.2 Å². The van der Waals surface area contributed by atoms with Crippen LogP contribution in [0.1, 0.15) is 13.8 Å². The third kappa shape index (κ3) is 6.67. The van der Waals surface area contributed by atoms with Crippen molar-refractivity contribution in [3.8, 4) is 16.9 Å². The Balaban J connectivity index is 1.90. The molecule has 1 unspecified atom stereocenters. The molecule has 0 spiro atoms. The van der Waals surface area contributed by atoms with Crippen molar-refractivity contribution in [1.29, 1.82) is 0 Å². The number of hydrogen-bond acceptors (Lipinski definition) is 9. The number of carbonyl (C=O) groups excluding carboxylic acids is 1. The Bertz CT molecular complexity index is 1290.